The van der Waals surface area contributed by atoms with Crippen molar-refractivity contribution in [1.29, 1.82) is 0 Å². The van der Waals surface area contributed by atoms with Gasteiger partial charge in [-0.3, -0.25) is 14.5 Å². The molecule has 0 radical (unpaired) electrons. The molecule has 0 bridgehead atoms. The fraction of sp³-hybridized carbons (Fsp3) is 0.353. The van der Waals surface area contributed by atoms with Crippen LogP contribution in [0.15, 0.2) is 72.3 Å². The van der Waals surface area contributed by atoms with Gasteiger partial charge in [0.15, 0.2) is 0 Å². The van der Waals surface area contributed by atoms with Gasteiger partial charge in [0, 0.05) is 17.7 Å². The van der Waals surface area contributed by atoms with Gasteiger partial charge in [0.25, 0.3) is 11.7 Å². The molecule has 1 N–H and O–H groups in total. The summed E-state index contributed by atoms with van der Waals surface area (Å²) in [6.07, 6.45) is 0.781. The molecular weight excluding hydrogens is 486 g/mol. The average Bonchev–Trinajstić information content (AvgIpc) is 3.38. The second kappa shape index (κ2) is 9.41. The molecule has 0 saturated carbocycles. The van der Waals surface area contributed by atoms with Gasteiger partial charge >= 0.3 is 0 Å². The monoisotopic (exact) mass is 523 g/mol. The highest BCUT2D eigenvalue weighted by molar-refractivity contribution is 6.51. The van der Waals surface area contributed by atoms with Crippen molar-refractivity contribution in [3.05, 3.63) is 100 Å². The first kappa shape index (κ1) is 26.7. The van der Waals surface area contributed by atoms with Gasteiger partial charge in [-0.1, -0.05) is 77.9 Å². The van der Waals surface area contributed by atoms with Crippen LogP contribution in [0.4, 0.5) is 5.69 Å². The van der Waals surface area contributed by atoms with Gasteiger partial charge in [0.2, 0.25) is 0 Å². The van der Waals surface area contributed by atoms with Gasteiger partial charge in [-0.2, -0.15) is 0 Å². The quantitative estimate of drug-likeness (QED) is 0.223. The molecule has 0 aromatic heterocycles. The van der Waals surface area contributed by atoms with E-state index in [-0.39, 0.29) is 28.3 Å². The third kappa shape index (κ3) is 4.87. The molecule has 5 heteroatoms. The first-order chi connectivity index (χ1) is 18.3. The number of aliphatic hydroxyl groups excluding tert-OH is 1. The zero-order valence-corrected chi connectivity index (χ0v) is 23.8. The summed E-state index contributed by atoms with van der Waals surface area (Å²) in [7, 11) is 0. The molecule has 1 amide bonds. The second-order valence-electron chi connectivity index (χ2n) is 12.8. The number of carbonyl (C=O) groups excluding carboxylic acids is 2. The molecule has 2 heterocycles. The molecule has 1 fully saturated rings. The van der Waals surface area contributed by atoms with Gasteiger partial charge in [0.1, 0.15) is 17.6 Å². The molecule has 3 aromatic rings. The molecule has 39 heavy (non-hydrogen) atoms. The molecule has 5 rings (SSSR count). The minimum absolute atomic E-state index is 0.0489. The number of hydrogen-bond donors (Lipinski definition) is 1. The van der Waals surface area contributed by atoms with E-state index >= 15 is 0 Å². The van der Waals surface area contributed by atoms with E-state index in [1.54, 1.807) is 6.07 Å². The van der Waals surface area contributed by atoms with E-state index in [0.717, 1.165) is 34.4 Å². The third-order valence-electron chi connectivity index (χ3n) is 7.72. The number of amides is 1. The molecular formula is C34H37NO4. The number of benzene rings is 3. The summed E-state index contributed by atoms with van der Waals surface area (Å²) in [6, 6.07) is 20.4. The van der Waals surface area contributed by atoms with E-state index < -0.39 is 17.7 Å². The predicted octanol–water partition coefficient (Wildman–Crippen LogP) is 7.23. The number of carbonyl (C=O) groups is 2. The number of rotatable bonds is 3. The van der Waals surface area contributed by atoms with Crippen molar-refractivity contribution in [3.63, 3.8) is 0 Å². The first-order valence-corrected chi connectivity index (χ1v) is 13.6. The third-order valence-corrected chi connectivity index (χ3v) is 7.72. The highest BCUT2D eigenvalue weighted by Gasteiger charge is 2.47. The summed E-state index contributed by atoms with van der Waals surface area (Å²) >= 11 is 0. The van der Waals surface area contributed by atoms with Crippen LogP contribution in [0.2, 0.25) is 0 Å². The normalized spacial score (nSPS) is 20.7. The average molecular weight is 524 g/mol. The standard InChI is InChI=1S/C34H37NO4/c1-20-18-23-19-22(10-17-27(23)39-20)30(36)28-29(21-8-11-24(12-9-21)33(2,3)4)35(32(38)31(28)37)26-15-13-25(14-16-26)34(5,6)7/h8-17,19-20,29,36H,18H2,1-7H3/b30-28-. The van der Waals surface area contributed by atoms with Gasteiger partial charge < -0.3 is 9.84 Å². The van der Waals surface area contributed by atoms with Crippen LogP contribution in [0.25, 0.3) is 5.76 Å². The molecule has 2 atom stereocenters. The lowest BCUT2D eigenvalue weighted by Gasteiger charge is -2.27. The molecule has 2 unspecified atom stereocenters. The summed E-state index contributed by atoms with van der Waals surface area (Å²) in [5, 5.41) is 11.6. The highest BCUT2D eigenvalue weighted by atomic mass is 16.5. The van der Waals surface area contributed by atoms with Crippen LogP contribution in [0.5, 0.6) is 5.75 Å². The Balaban J connectivity index is 1.66. The zero-order valence-electron chi connectivity index (χ0n) is 23.8. The van der Waals surface area contributed by atoms with E-state index in [2.05, 4.69) is 41.5 Å². The Morgan fingerprint density at radius 3 is 1.97 bits per heavy atom. The number of nitrogens with zero attached hydrogens (tertiary/aromatic N) is 1. The molecule has 202 valence electrons. The smallest absolute Gasteiger partial charge is 0.300 e. The largest absolute Gasteiger partial charge is 0.507 e. The SMILES string of the molecule is CC1Cc2cc(/C(O)=C3/C(=O)C(=O)N(c4ccc(C(C)(C)C)cc4)C3c3ccc(C(C)(C)C)cc3)ccc2O1. The van der Waals surface area contributed by atoms with Crippen molar-refractivity contribution in [3.8, 4) is 5.75 Å². The second-order valence-corrected chi connectivity index (χ2v) is 12.8. The Morgan fingerprint density at radius 2 is 1.41 bits per heavy atom. The van der Waals surface area contributed by atoms with Crippen LogP contribution in [-0.4, -0.2) is 22.9 Å². The maximum Gasteiger partial charge on any atom is 0.300 e. The van der Waals surface area contributed by atoms with Crippen LogP contribution >= 0.6 is 0 Å². The summed E-state index contributed by atoms with van der Waals surface area (Å²) in [6.45, 7) is 14.8. The van der Waals surface area contributed by atoms with Crippen molar-refractivity contribution in [1.82, 2.24) is 0 Å². The number of aliphatic hydroxyl groups is 1. The molecule has 3 aromatic carbocycles. The van der Waals surface area contributed by atoms with Crippen molar-refractivity contribution >= 4 is 23.1 Å². The number of anilines is 1. The molecule has 2 aliphatic rings. The highest BCUT2D eigenvalue weighted by Crippen LogP contribution is 2.43. The molecule has 0 spiro atoms. The maximum atomic E-state index is 13.6. The maximum absolute atomic E-state index is 13.6. The lowest BCUT2D eigenvalue weighted by atomic mass is 9.85. The minimum atomic E-state index is -0.761. The molecule has 2 aliphatic heterocycles. The topological polar surface area (TPSA) is 66.8 Å². The summed E-state index contributed by atoms with van der Waals surface area (Å²) in [4.78, 5) is 28.7. The van der Waals surface area contributed by atoms with E-state index in [9.17, 15) is 14.7 Å². The van der Waals surface area contributed by atoms with Crippen molar-refractivity contribution < 1.29 is 19.4 Å². The van der Waals surface area contributed by atoms with Gasteiger partial charge in [-0.15, -0.1) is 0 Å². The van der Waals surface area contributed by atoms with Gasteiger partial charge in [0.05, 0.1) is 11.6 Å². The van der Waals surface area contributed by atoms with E-state index in [1.165, 1.54) is 4.90 Å². The molecule has 1 saturated heterocycles. The summed E-state index contributed by atoms with van der Waals surface area (Å²) in [5.74, 6) is -0.729. The van der Waals surface area contributed by atoms with E-state index in [0.29, 0.717) is 11.3 Å². The Morgan fingerprint density at radius 1 is 0.846 bits per heavy atom. The Labute approximate surface area is 231 Å². The van der Waals surface area contributed by atoms with Crippen LogP contribution in [0.3, 0.4) is 0 Å². The van der Waals surface area contributed by atoms with Crippen molar-refractivity contribution in [2.24, 2.45) is 0 Å². The Kier molecular flexibility index (Phi) is 6.45. The summed E-state index contributed by atoms with van der Waals surface area (Å²) in [5.41, 5.74) is 5.13. The number of Topliss-reactive ketones (excluding diaryl/α,β-unsaturated/α-hetero) is 1. The van der Waals surface area contributed by atoms with Gasteiger partial charge in [-0.25, -0.2) is 0 Å². The van der Waals surface area contributed by atoms with Crippen LogP contribution in [0.1, 0.15) is 82.3 Å². The zero-order chi connectivity index (χ0) is 28.3. The van der Waals surface area contributed by atoms with E-state index in [1.807, 2.05) is 67.6 Å². The Hall–Kier alpha value is -3.86. The minimum Gasteiger partial charge on any atom is -0.507 e. The first-order valence-electron chi connectivity index (χ1n) is 13.6. The Bertz CT molecular complexity index is 1470. The van der Waals surface area contributed by atoms with Crippen LogP contribution < -0.4 is 9.64 Å². The van der Waals surface area contributed by atoms with Crippen LogP contribution in [-0.2, 0) is 26.8 Å². The number of ketones is 1. The lowest BCUT2D eigenvalue weighted by molar-refractivity contribution is -0.132. The molecule has 0 aliphatic carbocycles. The van der Waals surface area contributed by atoms with Gasteiger partial charge in [-0.05, 0) is 70.3 Å². The molecule has 5 nitrogen and oxygen atoms in total. The number of hydrogen-bond acceptors (Lipinski definition) is 4. The number of ether oxygens (including phenoxy) is 1. The number of fused-ring (bicyclic) bond motifs is 1. The lowest BCUT2D eigenvalue weighted by Crippen LogP contribution is -2.29. The fourth-order valence-electron chi connectivity index (χ4n) is 5.43. The van der Waals surface area contributed by atoms with Crippen molar-refractivity contribution in [2.75, 3.05) is 4.90 Å². The van der Waals surface area contributed by atoms with Crippen molar-refractivity contribution in [2.45, 2.75) is 77.9 Å². The summed E-state index contributed by atoms with van der Waals surface area (Å²) < 4.78 is 5.82. The fourth-order valence-corrected chi connectivity index (χ4v) is 5.43. The van der Waals surface area contributed by atoms with Crippen LogP contribution in [0, 0.1) is 0 Å². The van der Waals surface area contributed by atoms with E-state index in [4.69, 9.17) is 4.74 Å². The predicted molar refractivity (Wildman–Crippen MR) is 155 cm³/mol.